The number of nitrogens with two attached hydrogens (primary N) is 1. The van der Waals surface area contributed by atoms with Gasteiger partial charge in [0.15, 0.2) is 0 Å². The minimum atomic E-state index is 0.108. The van der Waals surface area contributed by atoms with Crippen LogP contribution < -0.4 is 10.5 Å². The summed E-state index contributed by atoms with van der Waals surface area (Å²) in [4.78, 5) is 2.45. The van der Waals surface area contributed by atoms with Crippen molar-refractivity contribution >= 4 is 5.84 Å². The van der Waals surface area contributed by atoms with Gasteiger partial charge in [0.25, 0.3) is 0 Å². The molecule has 19 heavy (non-hydrogen) atoms. The standard InChI is InChI=1S/C15H23N3O/c1-3-11-6-7-18(9-11)10-13-8-12(15(16)17)4-5-14(13)19-2/h4-5,8,11H,3,6-7,9-10H2,1-2H3,(H3,16,17). The molecule has 0 amide bonds. The Labute approximate surface area is 115 Å². The quantitative estimate of drug-likeness (QED) is 0.631. The van der Waals surface area contributed by atoms with Crippen molar-refractivity contribution in [1.82, 2.24) is 4.90 Å². The Morgan fingerprint density at radius 1 is 1.53 bits per heavy atom. The smallest absolute Gasteiger partial charge is 0.123 e. The number of likely N-dealkylation sites (tertiary alicyclic amines) is 1. The second kappa shape index (κ2) is 6.06. The van der Waals surface area contributed by atoms with Crippen molar-refractivity contribution in [3.05, 3.63) is 29.3 Å². The van der Waals surface area contributed by atoms with Gasteiger partial charge in [0.05, 0.1) is 7.11 Å². The third-order valence-electron chi connectivity index (χ3n) is 3.93. The molecule has 2 rings (SSSR count). The Morgan fingerprint density at radius 3 is 2.89 bits per heavy atom. The van der Waals surface area contributed by atoms with Gasteiger partial charge in [-0.1, -0.05) is 13.3 Å². The van der Waals surface area contributed by atoms with Crippen molar-refractivity contribution in [1.29, 1.82) is 5.41 Å². The van der Waals surface area contributed by atoms with E-state index in [-0.39, 0.29) is 5.84 Å². The van der Waals surface area contributed by atoms with E-state index in [0.717, 1.165) is 42.4 Å². The normalized spacial score (nSPS) is 19.6. The molecule has 0 aromatic heterocycles. The maximum Gasteiger partial charge on any atom is 0.123 e. The fraction of sp³-hybridized carbons (Fsp3) is 0.533. The molecule has 1 fully saturated rings. The van der Waals surface area contributed by atoms with E-state index < -0.39 is 0 Å². The molecule has 1 saturated heterocycles. The van der Waals surface area contributed by atoms with Crippen LogP contribution in [0.3, 0.4) is 0 Å². The first kappa shape index (κ1) is 13.9. The molecule has 0 spiro atoms. The molecule has 1 aliphatic rings. The molecule has 3 N–H and O–H groups in total. The molecule has 0 radical (unpaired) electrons. The third kappa shape index (κ3) is 3.26. The van der Waals surface area contributed by atoms with Gasteiger partial charge in [0.2, 0.25) is 0 Å². The highest BCUT2D eigenvalue weighted by Crippen LogP contribution is 2.26. The predicted molar refractivity (Wildman–Crippen MR) is 77.7 cm³/mol. The summed E-state index contributed by atoms with van der Waals surface area (Å²) in [5.74, 6) is 1.81. The molecule has 4 nitrogen and oxygen atoms in total. The van der Waals surface area contributed by atoms with Crippen LogP contribution in [0.15, 0.2) is 18.2 Å². The summed E-state index contributed by atoms with van der Waals surface area (Å²) in [5.41, 5.74) is 7.44. The largest absolute Gasteiger partial charge is 0.496 e. The minimum absolute atomic E-state index is 0.108. The number of hydrogen-bond acceptors (Lipinski definition) is 3. The first-order valence-electron chi connectivity index (χ1n) is 6.87. The molecule has 1 aliphatic heterocycles. The number of nitrogens with one attached hydrogen (secondary N) is 1. The second-order valence-corrected chi connectivity index (χ2v) is 5.24. The van der Waals surface area contributed by atoms with Crippen LogP contribution in [0, 0.1) is 11.3 Å². The van der Waals surface area contributed by atoms with Gasteiger partial charge in [-0.2, -0.15) is 0 Å². The number of rotatable bonds is 5. The lowest BCUT2D eigenvalue weighted by atomic mass is 10.1. The summed E-state index contributed by atoms with van der Waals surface area (Å²) in [6, 6.07) is 5.71. The Kier molecular flexibility index (Phi) is 4.43. The van der Waals surface area contributed by atoms with Gasteiger partial charge in [-0.3, -0.25) is 10.3 Å². The van der Waals surface area contributed by atoms with Crippen LogP contribution in [0.25, 0.3) is 0 Å². The summed E-state index contributed by atoms with van der Waals surface area (Å²) in [6.07, 6.45) is 2.53. The number of amidine groups is 1. The summed E-state index contributed by atoms with van der Waals surface area (Å²) >= 11 is 0. The molecule has 1 heterocycles. The molecular formula is C15H23N3O. The molecule has 104 valence electrons. The fourth-order valence-corrected chi connectivity index (χ4v) is 2.70. The molecule has 0 bridgehead atoms. The topological polar surface area (TPSA) is 62.3 Å². The van der Waals surface area contributed by atoms with E-state index in [4.69, 9.17) is 15.9 Å². The van der Waals surface area contributed by atoms with E-state index >= 15 is 0 Å². The Hall–Kier alpha value is -1.55. The Balaban J connectivity index is 2.14. The molecule has 0 saturated carbocycles. The number of ether oxygens (including phenoxy) is 1. The first-order valence-corrected chi connectivity index (χ1v) is 6.87. The summed E-state index contributed by atoms with van der Waals surface area (Å²) in [6.45, 7) is 5.43. The molecule has 0 aliphatic carbocycles. The second-order valence-electron chi connectivity index (χ2n) is 5.24. The van der Waals surface area contributed by atoms with Crippen molar-refractivity contribution in [3.63, 3.8) is 0 Å². The van der Waals surface area contributed by atoms with Gasteiger partial charge in [0, 0.05) is 24.2 Å². The predicted octanol–water partition coefficient (Wildman–Crippen LogP) is 2.21. The van der Waals surface area contributed by atoms with Crippen molar-refractivity contribution in [2.24, 2.45) is 11.7 Å². The van der Waals surface area contributed by atoms with Crippen molar-refractivity contribution < 1.29 is 4.74 Å². The average Bonchev–Trinajstić information content (AvgIpc) is 2.86. The van der Waals surface area contributed by atoms with Gasteiger partial charge in [-0.15, -0.1) is 0 Å². The maximum absolute atomic E-state index is 7.53. The SMILES string of the molecule is CCC1CCN(Cc2cc(C(=N)N)ccc2OC)C1. The highest BCUT2D eigenvalue weighted by molar-refractivity contribution is 5.95. The third-order valence-corrected chi connectivity index (χ3v) is 3.93. The van der Waals surface area contributed by atoms with Crippen LogP contribution >= 0.6 is 0 Å². The van der Waals surface area contributed by atoms with E-state index in [1.807, 2.05) is 18.2 Å². The van der Waals surface area contributed by atoms with Crippen molar-refractivity contribution in [2.75, 3.05) is 20.2 Å². The molecule has 1 aromatic carbocycles. The fourth-order valence-electron chi connectivity index (χ4n) is 2.70. The number of methoxy groups -OCH3 is 1. The Morgan fingerprint density at radius 2 is 2.32 bits per heavy atom. The number of nitrogen functional groups attached to an aromatic ring is 1. The maximum atomic E-state index is 7.53. The zero-order chi connectivity index (χ0) is 13.8. The zero-order valence-electron chi connectivity index (χ0n) is 11.8. The van der Waals surface area contributed by atoms with Crippen LogP contribution in [-0.4, -0.2) is 30.9 Å². The van der Waals surface area contributed by atoms with Gasteiger partial charge >= 0.3 is 0 Å². The van der Waals surface area contributed by atoms with Crippen LogP contribution in [0.5, 0.6) is 5.75 Å². The highest BCUT2D eigenvalue weighted by Gasteiger charge is 2.21. The van der Waals surface area contributed by atoms with Gasteiger partial charge < -0.3 is 10.5 Å². The van der Waals surface area contributed by atoms with Crippen LogP contribution in [0.1, 0.15) is 30.9 Å². The van der Waals surface area contributed by atoms with E-state index in [0.29, 0.717) is 0 Å². The summed E-state index contributed by atoms with van der Waals surface area (Å²) in [5, 5.41) is 7.53. The number of hydrogen-bond donors (Lipinski definition) is 2. The summed E-state index contributed by atoms with van der Waals surface area (Å²) < 4.78 is 5.41. The lowest BCUT2D eigenvalue weighted by Crippen LogP contribution is -2.21. The molecule has 1 aromatic rings. The average molecular weight is 261 g/mol. The lowest BCUT2D eigenvalue weighted by Gasteiger charge is -2.18. The van der Waals surface area contributed by atoms with E-state index in [1.54, 1.807) is 7.11 Å². The number of benzene rings is 1. The molecule has 4 heteroatoms. The van der Waals surface area contributed by atoms with Gasteiger partial charge in [-0.25, -0.2) is 0 Å². The molecular weight excluding hydrogens is 238 g/mol. The summed E-state index contributed by atoms with van der Waals surface area (Å²) in [7, 11) is 1.69. The monoisotopic (exact) mass is 261 g/mol. The van der Waals surface area contributed by atoms with Crippen LogP contribution in [0.2, 0.25) is 0 Å². The van der Waals surface area contributed by atoms with Gasteiger partial charge in [0.1, 0.15) is 11.6 Å². The highest BCUT2D eigenvalue weighted by atomic mass is 16.5. The van der Waals surface area contributed by atoms with Crippen LogP contribution in [-0.2, 0) is 6.54 Å². The zero-order valence-corrected chi connectivity index (χ0v) is 11.8. The van der Waals surface area contributed by atoms with Crippen LogP contribution in [0.4, 0.5) is 0 Å². The van der Waals surface area contributed by atoms with E-state index in [2.05, 4.69) is 11.8 Å². The van der Waals surface area contributed by atoms with Crippen molar-refractivity contribution in [3.8, 4) is 5.75 Å². The minimum Gasteiger partial charge on any atom is -0.496 e. The van der Waals surface area contributed by atoms with Gasteiger partial charge in [-0.05, 0) is 37.1 Å². The number of nitrogens with zero attached hydrogens (tertiary/aromatic N) is 1. The van der Waals surface area contributed by atoms with E-state index in [9.17, 15) is 0 Å². The molecule has 1 atom stereocenters. The van der Waals surface area contributed by atoms with Crippen molar-refractivity contribution in [2.45, 2.75) is 26.3 Å². The lowest BCUT2D eigenvalue weighted by molar-refractivity contribution is 0.307. The molecule has 1 unspecified atom stereocenters. The van der Waals surface area contributed by atoms with E-state index in [1.165, 1.54) is 12.8 Å². The first-order chi connectivity index (χ1) is 9.13. The Bertz CT molecular complexity index is 459.